The first-order valence-corrected chi connectivity index (χ1v) is 6.35. The van der Waals surface area contributed by atoms with Gasteiger partial charge >= 0.3 is 0 Å². The molecule has 0 aliphatic carbocycles. The van der Waals surface area contributed by atoms with E-state index in [2.05, 4.69) is 5.10 Å². The van der Waals surface area contributed by atoms with Crippen molar-refractivity contribution in [3.8, 4) is 11.5 Å². The zero-order valence-corrected chi connectivity index (χ0v) is 11.7. The maximum absolute atomic E-state index is 5.31. The van der Waals surface area contributed by atoms with Crippen LogP contribution in [-0.2, 0) is 4.74 Å². The van der Waals surface area contributed by atoms with E-state index in [0.717, 1.165) is 49.1 Å². The van der Waals surface area contributed by atoms with Crippen molar-refractivity contribution >= 4 is 5.71 Å². The van der Waals surface area contributed by atoms with Crippen molar-refractivity contribution in [1.82, 2.24) is 5.01 Å². The molecule has 1 aromatic carbocycles. The lowest BCUT2D eigenvalue weighted by Crippen LogP contribution is -2.33. The van der Waals surface area contributed by atoms with Gasteiger partial charge in [0.25, 0.3) is 0 Å². The minimum absolute atomic E-state index is 0.719. The molecule has 0 bridgehead atoms. The Labute approximate surface area is 113 Å². The standard InChI is InChI=1S/C14H20N2O3/c1-11(15-16-6-8-19-9-7-16)12-4-5-13(17-2)14(10-12)18-3/h4-5,10H,6-9H2,1-3H3/b15-11-. The Kier molecular flexibility index (Phi) is 4.63. The molecule has 1 fully saturated rings. The van der Waals surface area contributed by atoms with Gasteiger partial charge in [-0.05, 0) is 25.1 Å². The van der Waals surface area contributed by atoms with Crippen molar-refractivity contribution in [2.45, 2.75) is 6.92 Å². The SMILES string of the molecule is COc1ccc(/C(C)=N\N2CCOCC2)cc1OC. The zero-order chi connectivity index (χ0) is 13.7. The number of hydrogen-bond donors (Lipinski definition) is 0. The summed E-state index contributed by atoms with van der Waals surface area (Å²) in [4.78, 5) is 0. The summed E-state index contributed by atoms with van der Waals surface area (Å²) in [6.07, 6.45) is 0. The summed E-state index contributed by atoms with van der Waals surface area (Å²) < 4.78 is 15.8. The predicted molar refractivity (Wildman–Crippen MR) is 74.1 cm³/mol. The fraction of sp³-hybridized carbons (Fsp3) is 0.500. The number of morpholine rings is 1. The van der Waals surface area contributed by atoms with Crippen LogP contribution >= 0.6 is 0 Å². The Balaban J connectivity index is 2.18. The lowest BCUT2D eigenvalue weighted by atomic mass is 10.1. The Bertz CT molecular complexity index is 454. The fourth-order valence-electron chi connectivity index (χ4n) is 1.98. The van der Waals surface area contributed by atoms with Crippen LogP contribution in [0.3, 0.4) is 0 Å². The first-order chi connectivity index (χ1) is 9.24. The average molecular weight is 264 g/mol. The third kappa shape index (κ3) is 3.38. The van der Waals surface area contributed by atoms with Gasteiger partial charge in [-0.25, -0.2) is 0 Å². The van der Waals surface area contributed by atoms with Crippen LogP contribution in [0.15, 0.2) is 23.3 Å². The van der Waals surface area contributed by atoms with E-state index >= 15 is 0 Å². The van der Waals surface area contributed by atoms with Gasteiger partial charge in [-0.3, -0.25) is 5.01 Å². The van der Waals surface area contributed by atoms with E-state index in [-0.39, 0.29) is 0 Å². The van der Waals surface area contributed by atoms with Crippen LogP contribution in [0.4, 0.5) is 0 Å². The number of methoxy groups -OCH3 is 2. The molecule has 1 heterocycles. The minimum Gasteiger partial charge on any atom is -0.493 e. The van der Waals surface area contributed by atoms with E-state index in [9.17, 15) is 0 Å². The highest BCUT2D eigenvalue weighted by molar-refractivity contribution is 5.99. The lowest BCUT2D eigenvalue weighted by Gasteiger charge is -2.24. The summed E-state index contributed by atoms with van der Waals surface area (Å²) in [5.41, 5.74) is 1.99. The molecule has 5 nitrogen and oxygen atoms in total. The van der Waals surface area contributed by atoms with Crippen molar-refractivity contribution in [3.63, 3.8) is 0 Å². The summed E-state index contributed by atoms with van der Waals surface area (Å²) in [5.74, 6) is 1.45. The molecule has 0 amide bonds. The molecule has 0 unspecified atom stereocenters. The highest BCUT2D eigenvalue weighted by Gasteiger charge is 2.10. The molecular weight excluding hydrogens is 244 g/mol. The summed E-state index contributed by atoms with van der Waals surface area (Å²) in [6.45, 7) is 5.15. The van der Waals surface area contributed by atoms with Crippen molar-refractivity contribution in [2.24, 2.45) is 5.10 Å². The third-order valence-corrected chi connectivity index (χ3v) is 3.08. The van der Waals surface area contributed by atoms with Crippen molar-refractivity contribution < 1.29 is 14.2 Å². The topological polar surface area (TPSA) is 43.3 Å². The Hall–Kier alpha value is -1.75. The van der Waals surface area contributed by atoms with E-state index in [1.807, 2.05) is 30.1 Å². The molecule has 1 saturated heterocycles. The van der Waals surface area contributed by atoms with Crippen molar-refractivity contribution in [2.75, 3.05) is 40.5 Å². The molecule has 0 N–H and O–H groups in total. The summed E-state index contributed by atoms with van der Waals surface area (Å²) >= 11 is 0. The maximum Gasteiger partial charge on any atom is 0.161 e. The number of ether oxygens (including phenoxy) is 3. The average Bonchev–Trinajstić information content (AvgIpc) is 2.47. The van der Waals surface area contributed by atoms with Crippen molar-refractivity contribution in [3.05, 3.63) is 23.8 Å². The van der Waals surface area contributed by atoms with Gasteiger partial charge in [-0.15, -0.1) is 0 Å². The van der Waals surface area contributed by atoms with E-state index in [4.69, 9.17) is 14.2 Å². The predicted octanol–water partition coefficient (Wildman–Crippen LogP) is 1.76. The second kappa shape index (κ2) is 6.43. The Morgan fingerprint density at radius 1 is 1.16 bits per heavy atom. The van der Waals surface area contributed by atoms with Gasteiger partial charge in [0.2, 0.25) is 0 Å². The maximum atomic E-state index is 5.31. The number of benzene rings is 1. The molecular formula is C14H20N2O3. The second-order valence-electron chi connectivity index (χ2n) is 4.32. The Morgan fingerprint density at radius 2 is 1.84 bits per heavy atom. The Morgan fingerprint density at radius 3 is 2.47 bits per heavy atom. The molecule has 0 radical (unpaired) electrons. The molecule has 1 aliphatic rings. The van der Waals surface area contributed by atoms with Crippen LogP contribution in [0.5, 0.6) is 11.5 Å². The quantitative estimate of drug-likeness (QED) is 0.777. The van der Waals surface area contributed by atoms with Gasteiger partial charge in [0.1, 0.15) is 0 Å². The summed E-state index contributed by atoms with van der Waals surface area (Å²) in [7, 11) is 3.27. The van der Waals surface area contributed by atoms with Gasteiger partial charge < -0.3 is 14.2 Å². The van der Waals surface area contributed by atoms with Crippen LogP contribution in [-0.4, -0.2) is 51.2 Å². The van der Waals surface area contributed by atoms with Crippen LogP contribution in [0.2, 0.25) is 0 Å². The van der Waals surface area contributed by atoms with E-state index in [1.54, 1.807) is 14.2 Å². The first-order valence-electron chi connectivity index (χ1n) is 6.35. The normalized spacial score (nSPS) is 16.4. The molecule has 19 heavy (non-hydrogen) atoms. The van der Waals surface area contributed by atoms with E-state index in [0.29, 0.717) is 0 Å². The molecule has 5 heteroatoms. The van der Waals surface area contributed by atoms with Crippen LogP contribution in [0.1, 0.15) is 12.5 Å². The molecule has 0 saturated carbocycles. The zero-order valence-electron chi connectivity index (χ0n) is 11.7. The molecule has 0 atom stereocenters. The number of hydrazone groups is 1. The molecule has 0 aromatic heterocycles. The van der Waals surface area contributed by atoms with Gasteiger partial charge in [0.15, 0.2) is 11.5 Å². The number of nitrogens with zero attached hydrogens (tertiary/aromatic N) is 2. The number of hydrogen-bond acceptors (Lipinski definition) is 5. The van der Waals surface area contributed by atoms with Crippen LogP contribution in [0.25, 0.3) is 0 Å². The minimum atomic E-state index is 0.719. The highest BCUT2D eigenvalue weighted by Crippen LogP contribution is 2.27. The van der Waals surface area contributed by atoms with Crippen LogP contribution < -0.4 is 9.47 Å². The fourth-order valence-corrected chi connectivity index (χ4v) is 1.98. The number of rotatable bonds is 4. The summed E-state index contributed by atoms with van der Waals surface area (Å²) in [5, 5.41) is 6.65. The van der Waals surface area contributed by atoms with Gasteiger partial charge in [-0.1, -0.05) is 0 Å². The first kappa shape index (κ1) is 13.7. The molecule has 104 valence electrons. The highest BCUT2D eigenvalue weighted by atomic mass is 16.5. The van der Waals surface area contributed by atoms with E-state index < -0.39 is 0 Å². The third-order valence-electron chi connectivity index (χ3n) is 3.08. The van der Waals surface area contributed by atoms with E-state index in [1.165, 1.54) is 0 Å². The monoisotopic (exact) mass is 264 g/mol. The lowest BCUT2D eigenvalue weighted by molar-refractivity contribution is 0.0393. The molecule has 1 aromatic rings. The van der Waals surface area contributed by atoms with Gasteiger partial charge in [0, 0.05) is 5.56 Å². The summed E-state index contributed by atoms with van der Waals surface area (Å²) in [6, 6.07) is 5.82. The molecule has 2 rings (SSSR count). The second-order valence-corrected chi connectivity index (χ2v) is 4.32. The van der Waals surface area contributed by atoms with Crippen molar-refractivity contribution in [1.29, 1.82) is 0 Å². The van der Waals surface area contributed by atoms with Crippen LogP contribution in [0, 0.1) is 0 Å². The smallest absolute Gasteiger partial charge is 0.161 e. The van der Waals surface area contributed by atoms with Gasteiger partial charge in [0.05, 0.1) is 46.2 Å². The van der Waals surface area contributed by atoms with Gasteiger partial charge in [-0.2, -0.15) is 5.10 Å². The molecule has 0 spiro atoms. The molecule has 1 aliphatic heterocycles. The largest absolute Gasteiger partial charge is 0.493 e.